The van der Waals surface area contributed by atoms with Crippen LogP contribution in [-0.4, -0.2) is 12.4 Å². The van der Waals surface area contributed by atoms with Crippen LogP contribution in [-0.2, 0) is 4.74 Å². The Kier molecular flexibility index (Phi) is 5.60. The first-order valence-electron chi connectivity index (χ1n) is 6.46. The van der Waals surface area contributed by atoms with Gasteiger partial charge in [0, 0.05) is 5.92 Å². The fraction of sp³-hybridized carbons (Fsp3) is 0.600. The fourth-order valence-electron chi connectivity index (χ4n) is 1.53. The first kappa shape index (κ1) is 15.0. The van der Waals surface area contributed by atoms with Gasteiger partial charge in [-0.25, -0.2) is 4.39 Å². The Balaban J connectivity index is 2.69. The number of benzene rings is 1. The SMILES string of the molecule is CC(C)OC(Oc1ccc(C(C)F)cc1)C(C)C. The van der Waals surface area contributed by atoms with Crippen LogP contribution in [0.15, 0.2) is 24.3 Å². The van der Waals surface area contributed by atoms with Crippen molar-refractivity contribution in [3.63, 3.8) is 0 Å². The summed E-state index contributed by atoms with van der Waals surface area (Å²) in [5.74, 6) is 0.964. The molecule has 0 aromatic heterocycles. The van der Waals surface area contributed by atoms with E-state index in [0.29, 0.717) is 11.3 Å². The molecule has 2 nitrogen and oxygen atoms in total. The lowest BCUT2D eigenvalue weighted by Crippen LogP contribution is -2.29. The van der Waals surface area contributed by atoms with Crippen molar-refractivity contribution in [2.45, 2.75) is 53.2 Å². The summed E-state index contributed by atoms with van der Waals surface area (Å²) in [6.07, 6.45) is -1.12. The summed E-state index contributed by atoms with van der Waals surface area (Å²) in [5.41, 5.74) is 0.660. The van der Waals surface area contributed by atoms with Crippen LogP contribution < -0.4 is 4.74 Å². The molecule has 3 heteroatoms. The maximum absolute atomic E-state index is 13.1. The Morgan fingerprint density at radius 1 is 0.944 bits per heavy atom. The molecular formula is C15H23FO2. The van der Waals surface area contributed by atoms with Gasteiger partial charge in [-0.2, -0.15) is 0 Å². The Bertz CT molecular complexity index is 344. The van der Waals surface area contributed by atoms with Crippen molar-refractivity contribution >= 4 is 0 Å². The molecular weight excluding hydrogens is 231 g/mol. The number of rotatable bonds is 6. The number of ether oxygens (including phenoxy) is 2. The van der Waals surface area contributed by atoms with Crippen LogP contribution in [0.5, 0.6) is 5.75 Å². The van der Waals surface area contributed by atoms with Gasteiger partial charge < -0.3 is 9.47 Å². The van der Waals surface area contributed by atoms with E-state index in [-0.39, 0.29) is 18.3 Å². The van der Waals surface area contributed by atoms with Crippen molar-refractivity contribution in [2.75, 3.05) is 0 Å². The summed E-state index contributed by atoms with van der Waals surface area (Å²) in [4.78, 5) is 0. The lowest BCUT2D eigenvalue weighted by atomic mass is 10.1. The van der Waals surface area contributed by atoms with Gasteiger partial charge in [0.2, 0.25) is 6.29 Å². The predicted octanol–water partition coefficient (Wildman–Crippen LogP) is 4.50. The Hall–Kier alpha value is -1.09. The highest BCUT2D eigenvalue weighted by molar-refractivity contribution is 5.28. The molecule has 102 valence electrons. The van der Waals surface area contributed by atoms with Gasteiger partial charge >= 0.3 is 0 Å². The van der Waals surface area contributed by atoms with Gasteiger partial charge in [-0.05, 0) is 38.5 Å². The lowest BCUT2D eigenvalue weighted by molar-refractivity contribution is -0.132. The number of halogens is 1. The molecule has 0 aliphatic carbocycles. The van der Waals surface area contributed by atoms with Crippen LogP contribution in [0.25, 0.3) is 0 Å². The van der Waals surface area contributed by atoms with Gasteiger partial charge in [-0.1, -0.05) is 26.0 Å². The summed E-state index contributed by atoms with van der Waals surface area (Å²) in [6.45, 7) is 9.57. The van der Waals surface area contributed by atoms with Crippen LogP contribution in [0.4, 0.5) is 4.39 Å². The summed E-state index contributed by atoms with van der Waals surface area (Å²) in [6, 6.07) is 7.05. The van der Waals surface area contributed by atoms with Gasteiger partial charge in [-0.15, -0.1) is 0 Å². The first-order valence-corrected chi connectivity index (χ1v) is 6.46. The maximum atomic E-state index is 13.1. The summed E-state index contributed by atoms with van der Waals surface area (Å²) in [7, 11) is 0. The molecule has 0 bridgehead atoms. The van der Waals surface area contributed by atoms with Gasteiger partial charge in [0.05, 0.1) is 6.10 Å². The van der Waals surface area contributed by atoms with Crippen molar-refractivity contribution in [3.05, 3.63) is 29.8 Å². The second-order valence-corrected chi connectivity index (χ2v) is 5.10. The van der Waals surface area contributed by atoms with Crippen LogP contribution in [0, 0.1) is 5.92 Å². The van der Waals surface area contributed by atoms with E-state index < -0.39 is 6.17 Å². The molecule has 2 atom stereocenters. The Morgan fingerprint density at radius 3 is 1.89 bits per heavy atom. The van der Waals surface area contributed by atoms with Gasteiger partial charge in [-0.3, -0.25) is 0 Å². The molecule has 0 fully saturated rings. The second kappa shape index (κ2) is 6.74. The molecule has 0 saturated carbocycles. The molecule has 1 aromatic rings. The third-order valence-electron chi connectivity index (χ3n) is 2.54. The summed E-state index contributed by atoms with van der Waals surface area (Å²) >= 11 is 0. The van der Waals surface area contributed by atoms with E-state index in [0.717, 1.165) is 0 Å². The van der Waals surface area contributed by atoms with Gasteiger partial charge in [0.1, 0.15) is 11.9 Å². The second-order valence-electron chi connectivity index (χ2n) is 5.10. The monoisotopic (exact) mass is 254 g/mol. The quantitative estimate of drug-likeness (QED) is 0.696. The summed E-state index contributed by atoms with van der Waals surface area (Å²) < 4.78 is 24.5. The molecule has 0 N–H and O–H groups in total. The Labute approximate surface area is 109 Å². The number of hydrogen-bond acceptors (Lipinski definition) is 2. The van der Waals surface area contributed by atoms with Gasteiger partial charge in [0.25, 0.3) is 0 Å². The molecule has 18 heavy (non-hydrogen) atoms. The first-order chi connectivity index (χ1) is 8.40. The highest BCUT2D eigenvalue weighted by Gasteiger charge is 2.17. The van der Waals surface area contributed by atoms with E-state index in [9.17, 15) is 4.39 Å². The third kappa shape index (κ3) is 4.65. The zero-order valence-corrected chi connectivity index (χ0v) is 11.8. The van der Waals surface area contributed by atoms with Crippen LogP contribution in [0.3, 0.4) is 0 Å². The largest absolute Gasteiger partial charge is 0.465 e. The molecule has 0 saturated heterocycles. The molecule has 0 aliphatic rings. The number of alkyl halides is 1. The topological polar surface area (TPSA) is 18.5 Å². The highest BCUT2D eigenvalue weighted by atomic mass is 19.1. The Morgan fingerprint density at radius 2 is 1.50 bits per heavy atom. The molecule has 1 aromatic carbocycles. The van der Waals surface area contributed by atoms with Crippen LogP contribution in [0.2, 0.25) is 0 Å². The zero-order valence-electron chi connectivity index (χ0n) is 11.8. The van der Waals surface area contributed by atoms with E-state index in [2.05, 4.69) is 0 Å². The van der Waals surface area contributed by atoms with Crippen molar-refractivity contribution < 1.29 is 13.9 Å². The van der Waals surface area contributed by atoms with E-state index in [1.807, 2.05) is 27.7 Å². The average Bonchev–Trinajstić information content (AvgIpc) is 2.28. The van der Waals surface area contributed by atoms with E-state index in [1.54, 1.807) is 24.3 Å². The molecule has 1 rings (SSSR count). The van der Waals surface area contributed by atoms with Crippen LogP contribution >= 0.6 is 0 Å². The lowest BCUT2D eigenvalue weighted by Gasteiger charge is -2.24. The van der Waals surface area contributed by atoms with E-state index in [1.165, 1.54) is 6.92 Å². The van der Waals surface area contributed by atoms with Crippen molar-refractivity contribution in [1.29, 1.82) is 0 Å². The third-order valence-corrected chi connectivity index (χ3v) is 2.54. The molecule has 0 heterocycles. The average molecular weight is 254 g/mol. The minimum Gasteiger partial charge on any atom is -0.465 e. The van der Waals surface area contributed by atoms with Crippen molar-refractivity contribution in [3.8, 4) is 5.75 Å². The van der Waals surface area contributed by atoms with E-state index in [4.69, 9.17) is 9.47 Å². The maximum Gasteiger partial charge on any atom is 0.202 e. The predicted molar refractivity (Wildman–Crippen MR) is 71.4 cm³/mol. The molecule has 0 spiro atoms. The minimum absolute atomic E-state index is 0.113. The number of hydrogen-bond donors (Lipinski definition) is 0. The van der Waals surface area contributed by atoms with Crippen LogP contribution in [0.1, 0.15) is 46.4 Å². The highest BCUT2D eigenvalue weighted by Crippen LogP contribution is 2.22. The molecule has 0 aliphatic heterocycles. The van der Waals surface area contributed by atoms with Crippen molar-refractivity contribution in [2.24, 2.45) is 5.92 Å². The molecule has 2 unspecified atom stereocenters. The fourth-order valence-corrected chi connectivity index (χ4v) is 1.53. The van der Waals surface area contributed by atoms with Crippen molar-refractivity contribution in [1.82, 2.24) is 0 Å². The van der Waals surface area contributed by atoms with E-state index >= 15 is 0 Å². The normalized spacial score (nSPS) is 14.9. The molecule has 0 radical (unpaired) electrons. The minimum atomic E-state index is -0.952. The zero-order chi connectivity index (χ0) is 13.7. The van der Waals surface area contributed by atoms with Gasteiger partial charge in [0.15, 0.2) is 0 Å². The summed E-state index contributed by atoms with van der Waals surface area (Å²) in [5, 5.41) is 0. The smallest absolute Gasteiger partial charge is 0.202 e. The standard InChI is InChI=1S/C15H23FO2/c1-10(2)15(17-11(3)4)18-14-8-6-13(7-9-14)12(5)16/h6-12,15H,1-5H3. The molecule has 0 amide bonds.